The maximum atomic E-state index is 6.06. The van der Waals surface area contributed by atoms with Gasteiger partial charge in [0.25, 0.3) is 0 Å². The molecule has 1 saturated heterocycles. The second kappa shape index (κ2) is 4.22. The van der Waals surface area contributed by atoms with Crippen LogP contribution in [0.5, 0.6) is 0 Å². The van der Waals surface area contributed by atoms with Crippen molar-refractivity contribution in [2.24, 2.45) is 5.73 Å². The van der Waals surface area contributed by atoms with E-state index in [2.05, 4.69) is 37.1 Å². The van der Waals surface area contributed by atoms with E-state index in [0.29, 0.717) is 0 Å². The van der Waals surface area contributed by atoms with Gasteiger partial charge in [0.2, 0.25) is 0 Å². The first kappa shape index (κ1) is 10.7. The Hall–Kier alpha value is 0.620. The highest BCUT2D eigenvalue weighted by atomic mass is 32.2. The third-order valence-corrected chi connectivity index (χ3v) is 3.14. The Morgan fingerprint density at radius 2 is 2.00 bits per heavy atom. The van der Waals surface area contributed by atoms with Crippen molar-refractivity contribution >= 4 is 25.3 Å². The van der Waals surface area contributed by atoms with Gasteiger partial charge in [-0.15, -0.1) is 25.3 Å². The summed E-state index contributed by atoms with van der Waals surface area (Å²) in [6.07, 6.45) is 3.31. The van der Waals surface area contributed by atoms with Crippen molar-refractivity contribution < 1.29 is 0 Å². The number of hydrogen-bond donors (Lipinski definition) is 3. The zero-order valence-corrected chi connectivity index (χ0v) is 9.32. The maximum absolute atomic E-state index is 6.06. The van der Waals surface area contributed by atoms with Gasteiger partial charge in [-0.3, -0.25) is 4.90 Å². The van der Waals surface area contributed by atoms with Crippen LogP contribution in [0.2, 0.25) is 0 Å². The lowest BCUT2D eigenvalue weighted by Crippen LogP contribution is -2.37. The van der Waals surface area contributed by atoms with Crippen LogP contribution in [-0.4, -0.2) is 28.2 Å². The third-order valence-electron chi connectivity index (χ3n) is 2.49. The molecule has 0 aromatic heterocycles. The maximum Gasteiger partial charge on any atom is 0.0969 e. The van der Waals surface area contributed by atoms with E-state index >= 15 is 0 Å². The van der Waals surface area contributed by atoms with Crippen molar-refractivity contribution in [1.29, 1.82) is 0 Å². The molecule has 1 heterocycles. The molecule has 0 spiro atoms. The van der Waals surface area contributed by atoms with Gasteiger partial charge in [0.15, 0.2) is 0 Å². The Labute approximate surface area is 85.7 Å². The van der Waals surface area contributed by atoms with Gasteiger partial charge in [-0.25, -0.2) is 0 Å². The highest BCUT2D eigenvalue weighted by molar-refractivity contribution is 7.99. The van der Waals surface area contributed by atoms with Gasteiger partial charge in [-0.1, -0.05) is 0 Å². The number of thiol groups is 2. The van der Waals surface area contributed by atoms with Crippen LogP contribution in [0.15, 0.2) is 0 Å². The lowest BCUT2D eigenvalue weighted by Gasteiger charge is -2.24. The molecule has 4 heteroatoms. The molecule has 1 atom stereocenters. The zero-order chi connectivity index (χ0) is 9.19. The molecule has 1 fully saturated rings. The van der Waals surface area contributed by atoms with Crippen LogP contribution in [0.25, 0.3) is 0 Å². The predicted molar refractivity (Wildman–Crippen MR) is 59.8 cm³/mol. The molecule has 72 valence electrons. The first-order valence-corrected chi connectivity index (χ1v) is 5.44. The second-order valence-electron chi connectivity index (χ2n) is 3.89. The van der Waals surface area contributed by atoms with Crippen molar-refractivity contribution in [2.45, 2.75) is 36.4 Å². The summed E-state index contributed by atoms with van der Waals surface area (Å²) in [7, 11) is 0. The Balaban J connectivity index is 2.45. The fraction of sp³-hybridized carbons (Fsp3) is 1.00. The van der Waals surface area contributed by atoms with Crippen molar-refractivity contribution in [1.82, 2.24) is 4.90 Å². The van der Waals surface area contributed by atoms with Gasteiger partial charge in [0.05, 0.1) is 4.71 Å². The molecule has 1 rings (SSSR count). The average molecular weight is 206 g/mol. The van der Waals surface area contributed by atoms with Crippen LogP contribution >= 0.6 is 25.3 Å². The molecular formula is C8H18N2S2. The summed E-state index contributed by atoms with van der Waals surface area (Å²) in [6.45, 7) is 4.22. The van der Waals surface area contributed by atoms with Gasteiger partial charge < -0.3 is 5.73 Å². The summed E-state index contributed by atoms with van der Waals surface area (Å²) in [5.74, 6) is 0. The molecule has 0 aromatic rings. The summed E-state index contributed by atoms with van der Waals surface area (Å²) in [4.78, 5) is 2.25. The molecule has 2 nitrogen and oxygen atoms in total. The van der Waals surface area contributed by atoms with E-state index in [-0.39, 0.29) is 10.2 Å². The van der Waals surface area contributed by atoms with Crippen molar-refractivity contribution in [2.75, 3.05) is 13.1 Å². The summed E-state index contributed by atoms with van der Waals surface area (Å²) in [5.41, 5.74) is 6.08. The Kier molecular flexibility index (Phi) is 3.76. The Morgan fingerprint density at radius 1 is 1.33 bits per heavy atom. The van der Waals surface area contributed by atoms with Crippen LogP contribution in [0, 0.1) is 0 Å². The number of nitrogens with two attached hydrogens (primary N) is 1. The van der Waals surface area contributed by atoms with Crippen LogP contribution in [0.3, 0.4) is 0 Å². The largest absolute Gasteiger partial charge is 0.325 e. The Bertz CT molecular complexity index is 148. The van der Waals surface area contributed by atoms with Crippen molar-refractivity contribution in [3.8, 4) is 0 Å². The smallest absolute Gasteiger partial charge is 0.0969 e. The van der Waals surface area contributed by atoms with Crippen LogP contribution in [0.4, 0.5) is 0 Å². The molecule has 0 amide bonds. The minimum Gasteiger partial charge on any atom is -0.325 e. The van der Waals surface area contributed by atoms with Crippen LogP contribution in [0.1, 0.15) is 26.2 Å². The highest BCUT2D eigenvalue weighted by Crippen LogP contribution is 2.21. The molecule has 2 N–H and O–H groups in total. The fourth-order valence-corrected chi connectivity index (χ4v) is 2.01. The van der Waals surface area contributed by atoms with Crippen LogP contribution in [-0.2, 0) is 0 Å². The molecule has 0 bridgehead atoms. The number of rotatable bonds is 1. The third kappa shape index (κ3) is 3.17. The fourth-order valence-electron chi connectivity index (χ4n) is 1.55. The SMILES string of the molecule is CC1(N)CCCN(C(S)S)CC1. The number of hydrogen-bond acceptors (Lipinski definition) is 4. The molecule has 1 unspecified atom stereocenters. The zero-order valence-electron chi connectivity index (χ0n) is 7.53. The summed E-state index contributed by atoms with van der Waals surface area (Å²) >= 11 is 8.59. The summed E-state index contributed by atoms with van der Waals surface area (Å²) in [6, 6.07) is 0. The van der Waals surface area contributed by atoms with Gasteiger partial charge in [-0.05, 0) is 26.2 Å². The van der Waals surface area contributed by atoms with E-state index in [0.717, 1.165) is 32.4 Å². The van der Waals surface area contributed by atoms with E-state index in [1.165, 1.54) is 0 Å². The average Bonchev–Trinajstić information content (AvgIpc) is 2.10. The topological polar surface area (TPSA) is 29.3 Å². The Morgan fingerprint density at radius 3 is 2.58 bits per heavy atom. The van der Waals surface area contributed by atoms with E-state index in [1.54, 1.807) is 0 Å². The molecule has 0 aromatic carbocycles. The predicted octanol–water partition coefficient (Wildman–Crippen LogP) is 1.33. The van der Waals surface area contributed by atoms with E-state index in [4.69, 9.17) is 5.73 Å². The molecule has 1 aliphatic rings. The highest BCUT2D eigenvalue weighted by Gasteiger charge is 2.24. The van der Waals surface area contributed by atoms with Gasteiger partial charge >= 0.3 is 0 Å². The lowest BCUT2D eigenvalue weighted by atomic mass is 9.95. The lowest BCUT2D eigenvalue weighted by molar-refractivity contribution is 0.309. The molecule has 1 aliphatic heterocycles. The molecule has 0 radical (unpaired) electrons. The van der Waals surface area contributed by atoms with Crippen molar-refractivity contribution in [3.63, 3.8) is 0 Å². The standard InChI is InChI=1S/C8H18N2S2/c1-8(9)3-2-5-10(6-4-8)7(11)12/h7,11-12H,2-6,9H2,1H3. The van der Waals surface area contributed by atoms with E-state index in [1.807, 2.05) is 0 Å². The van der Waals surface area contributed by atoms with E-state index in [9.17, 15) is 0 Å². The van der Waals surface area contributed by atoms with E-state index < -0.39 is 0 Å². The quantitative estimate of drug-likeness (QED) is 0.446. The molecule has 0 aliphatic carbocycles. The molecular weight excluding hydrogens is 188 g/mol. The first-order valence-electron chi connectivity index (χ1n) is 4.40. The van der Waals surface area contributed by atoms with Crippen molar-refractivity contribution in [3.05, 3.63) is 0 Å². The van der Waals surface area contributed by atoms with Crippen LogP contribution < -0.4 is 5.73 Å². The minimum absolute atomic E-state index is 0.0190. The molecule has 0 saturated carbocycles. The van der Waals surface area contributed by atoms with Gasteiger partial charge in [0.1, 0.15) is 0 Å². The monoisotopic (exact) mass is 206 g/mol. The van der Waals surface area contributed by atoms with Gasteiger partial charge in [-0.2, -0.15) is 0 Å². The summed E-state index contributed by atoms with van der Waals surface area (Å²) in [5, 5.41) is 0. The number of nitrogens with zero attached hydrogens (tertiary/aromatic N) is 1. The minimum atomic E-state index is 0.0190. The molecule has 12 heavy (non-hydrogen) atoms. The van der Waals surface area contributed by atoms with Gasteiger partial charge in [0, 0.05) is 18.6 Å². The number of likely N-dealkylation sites (tertiary alicyclic amines) is 1. The summed E-state index contributed by atoms with van der Waals surface area (Å²) < 4.78 is 0.0684. The second-order valence-corrected chi connectivity index (χ2v) is 5.28. The first-order chi connectivity index (χ1) is 5.51. The normalized spacial score (nSPS) is 33.8.